The van der Waals surface area contributed by atoms with Gasteiger partial charge in [0.1, 0.15) is 0 Å². The van der Waals surface area contributed by atoms with Crippen molar-refractivity contribution in [3.63, 3.8) is 0 Å². The second-order valence-electron chi connectivity index (χ2n) is 6.87. The lowest BCUT2D eigenvalue weighted by Gasteiger charge is -2.28. The van der Waals surface area contributed by atoms with E-state index >= 15 is 0 Å². The number of amides is 1. The fourth-order valence-electron chi connectivity index (χ4n) is 4.17. The zero-order valence-corrected chi connectivity index (χ0v) is 13.8. The number of hydrogen-bond acceptors (Lipinski definition) is 2. The number of fused-ring (bicyclic) bond motifs is 1. The molecule has 0 spiro atoms. The van der Waals surface area contributed by atoms with Crippen LogP contribution >= 0.6 is 0 Å². The second-order valence-corrected chi connectivity index (χ2v) is 6.87. The Kier molecular flexibility index (Phi) is 4.53. The van der Waals surface area contributed by atoms with E-state index in [1.807, 2.05) is 0 Å². The largest absolute Gasteiger partial charge is 0.325 e. The van der Waals surface area contributed by atoms with Gasteiger partial charge in [0.15, 0.2) is 0 Å². The molecule has 0 bridgehead atoms. The monoisotopic (exact) mass is 300 g/mol. The average Bonchev–Trinajstić information content (AvgIpc) is 2.89. The van der Waals surface area contributed by atoms with E-state index in [1.54, 1.807) is 0 Å². The van der Waals surface area contributed by atoms with Crippen LogP contribution in [0.15, 0.2) is 12.1 Å². The van der Waals surface area contributed by atoms with Crippen LogP contribution < -0.4 is 11.1 Å². The van der Waals surface area contributed by atoms with Crippen LogP contribution in [-0.2, 0) is 11.2 Å². The molecule has 22 heavy (non-hydrogen) atoms. The van der Waals surface area contributed by atoms with Crippen molar-refractivity contribution in [3.8, 4) is 0 Å². The summed E-state index contributed by atoms with van der Waals surface area (Å²) in [7, 11) is 0. The number of nitrogens with one attached hydrogen (secondary N) is 1. The maximum atomic E-state index is 12.2. The topological polar surface area (TPSA) is 55.1 Å². The molecule has 3 rings (SSSR count). The Morgan fingerprint density at radius 2 is 1.95 bits per heavy atom. The molecule has 1 aromatic carbocycles. The van der Waals surface area contributed by atoms with Crippen LogP contribution in [-0.4, -0.2) is 5.91 Å². The van der Waals surface area contributed by atoms with Gasteiger partial charge in [0.25, 0.3) is 0 Å². The van der Waals surface area contributed by atoms with Crippen LogP contribution in [0.2, 0.25) is 0 Å². The van der Waals surface area contributed by atoms with E-state index in [0.717, 1.165) is 18.5 Å². The SMILES string of the molecule is CCc1cc(C(N)C2CCCCC2)cc2c1NC(=O)C2CC. The van der Waals surface area contributed by atoms with Crippen molar-refractivity contribution in [2.24, 2.45) is 11.7 Å². The first-order valence-corrected chi connectivity index (χ1v) is 8.88. The molecule has 2 unspecified atom stereocenters. The van der Waals surface area contributed by atoms with Crippen LogP contribution in [0.3, 0.4) is 0 Å². The van der Waals surface area contributed by atoms with Gasteiger partial charge in [-0.3, -0.25) is 4.79 Å². The molecule has 0 aromatic heterocycles. The van der Waals surface area contributed by atoms with Crippen LogP contribution in [0.25, 0.3) is 0 Å². The Morgan fingerprint density at radius 1 is 1.23 bits per heavy atom. The summed E-state index contributed by atoms with van der Waals surface area (Å²) in [6.45, 7) is 4.23. The summed E-state index contributed by atoms with van der Waals surface area (Å²) in [6, 6.07) is 4.56. The van der Waals surface area contributed by atoms with E-state index in [9.17, 15) is 4.79 Å². The van der Waals surface area contributed by atoms with E-state index < -0.39 is 0 Å². The third-order valence-electron chi connectivity index (χ3n) is 5.54. The number of hydrogen-bond donors (Lipinski definition) is 2. The number of aryl methyl sites for hydroxylation is 1. The van der Waals surface area contributed by atoms with E-state index in [1.165, 1.54) is 48.8 Å². The van der Waals surface area contributed by atoms with Crippen molar-refractivity contribution in [1.29, 1.82) is 0 Å². The molecule has 0 saturated heterocycles. The molecule has 2 atom stereocenters. The summed E-state index contributed by atoms with van der Waals surface area (Å²) in [4.78, 5) is 12.2. The molecule has 0 radical (unpaired) electrons. The summed E-state index contributed by atoms with van der Waals surface area (Å²) < 4.78 is 0. The van der Waals surface area contributed by atoms with Crippen molar-refractivity contribution < 1.29 is 4.79 Å². The van der Waals surface area contributed by atoms with Crippen molar-refractivity contribution in [2.45, 2.75) is 70.8 Å². The zero-order valence-electron chi connectivity index (χ0n) is 13.8. The number of rotatable bonds is 4. The highest BCUT2D eigenvalue weighted by Gasteiger charge is 2.32. The minimum Gasteiger partial charge on any atom is -0.325 e. The van der Waals surface area contributed by atoms with Crippen molar-refractivity contribution in [2.75, 3.05) is 5.32 Å². The third kappa shape index (κ3) is 2.67. The highest BCUT2D eigenvalue weighted by molar-refractivity contribution is 6.03. The average molecular weight is 300 g/mol. The Morgan fingerprint density at radius 3 is 2.59 bits per heavy atom. The summed E-state index contributed by atoms with van der Waals surface area (Å²) in [5.74, 6) is 0.746. The maximum absolute atomic E-state index is 12.2. The van der Waals surface area contributed by atoms with Gasteiger partial charge in [0.05, 0.1) is 5.92 Å². The van der Waals surface area contributed by atoms with Gasteiger partial charge in [-0.05, 0) is 48.3 Å². The molecule has 120 valence electrons. The van der Waals surface area contributed by atoms with Gasteiger partial charge in [-0.15, -0.1) is 0 Å². The van der Waals surface area contributed by atoms with Gasteiger partial charge < -0.3 is 11.1 Å². The Hall–Kier alpha value is -1.35. The van der Waals surface area contributed by atoms with Crippen LogP contribution in [0.4, 0.5) is 5.69 Å². The molecule has 3 heteroatoms. The van der Waals surface area contributed by atoms with Gasteiger partial charge in [-0.1, -0.05) is 45.2 Å². The number of anilines is 1. The molecule has 1 fully saturated rings. The van der Waals surface area contributed by atoms with Gasteiger partial charge in [-0.25, -0.2) is 0 Å². The first-order valence-electron chi connectivity index (χ1n) is 8.88. The van der Waals surface area contributed by atoms with Crippen molar-refractivity contribution in [1.82, 2.24) is 0 Å². The molecule has 1 aromatic rings. The number of nitrogens with two attached hydrogens (primary N) is 1. The minimum absolute atomic E-state index is 0.00111. The summed E-state index contributed by atoms with van der Waals surface area (Å²) >= 11 is 0. The number of carbonyl (C=O) groups excluding carboxylic acids is 1. The predicted molar refractivity (Wildman–Crippen MR) is 91.0 cm³/mol. The fourth-order valence-corrected chi connectivity index (χ4v) is 4.17. The number of benzene rings is 1. The Bertz CT molecular complexity index is 561. The van der Waals surface area contributed by atoms with Crippen molar-refractivity contribution >= 4 is 11.6 Å². The molecule has 1 heterocycles. The third-order valence-corrected chi connectivity index (χ3v) is 5.54. The fraction of sp³-hybridized carbons (Fsp3) is 0.632. The lowest BCUT2D eigenvalue weighted by atomic mass is 9.80. The van der Waals surface area contributed by atoms with Gasteiger partial charge >= 0.3 is 0 Å². The van der Waals surface area contributed by atoms with E-state index in [0.29, 0.717) is 5.92 Å². The molecule has 2 aliphatic rings. The lowest BCUT2D eigenvalue weighted by molar-refractivity contribution is -0.117. The molecule has 1 amide bonds. The smallest absolute Gasteiger partial charge is 0.232 e. The Balaban J connectivity index is 1.96. The minimum atomic E-state index is -0.00111. The molecule has 1 aliphatic carbocycles. The first kappa shape index (κ1) is 15.5. The van der Waals surface area contributed by atoms with Crippen LogP contribution in [0.5, 0.6) is 0 Å². The molecular weight excluding hydrogens is 272 g/mol. The standard InChI is InChI=1S/C19H28N2O/c1-3-12-10-14(17(20)13-8-6-5-7-9-13)11-16-15(4-2)19(22)21-18(12)16/h10-11,13,15,17H,3-9,20H2,1-2H3,(H,21,22). The summed E-state index contributed by atoms with van der Waals surface area (Å²) in [5.41, 5.74) is 11.3. The normalized spacial score (nSPS) is 23.2. The lowest BCUT2D eigenvalue weighted by Crippen LogP contribution is -2.24. The van der Waals surface area contributed by atoms with Gasteiger partial charge in [0.2, 0.25) is 5.91 Å². The van der Waals surface area contributed by atoms with Crippen LogP contribution in [0, 0.1) is 5.92 Å². The summed E-state index contributed by atoms with van der Waals surface area (Å²) in [6.07, 6.45) is 8.24. The molecule has 1 aliphatic heterocycles. The number of carbonyl (C=O) groups is 1. The molecule has 3 nitrogen and oxygen atoms in total. The first-order chi connectivity index (χ1) is 10.7. The molecule has 1 saturated carbocycles. The van der Waals surface area contributed by atoms with Crippen LogP contribution in [0.1, 0.15) is 81.0 Å². The second kappa shape index (κ2) is 6.41. The van der Waals surface area contributed by atoms with E-state index in [4.69, 9.17) is 5.73 Å². The molecular formula is C19H28N2O. The summed E-state index contributed by atoms with van der Waals surface area (Å²) in [5, 5.41) is 3.08. The van der Waals surface area contributed by atoms with E-state index in [-0.39, 0.29) is 17.9 Å². The van der Waals surface area contributed by atoms with Gasteiger partial charge in [-0.2, -0.15) is 0 Å². The predicted octanol–water partition coefficient (Wildman–Crippen LogP) is 4.27. The van der Waals surface area contributed by atoms with Crippen molar-refractivity contribution in [3.05, 3.63) is 28.8 Å². The quantitative estimate of drug-likeness (QED) is 0.872. The van der Waals surface area contributed by atoms with E-state index in [2.05, 4.69) is 31.3 Å². The highest BCUT2D eigenvalue weighted by atomic mass is 16.2. The van der Waals surface area contributed by atoms with Gasteiger partial charge in [0, 0.05) is 11.7 Å². The molecule has 3 N–H and O–H groups in total. The highest BCUT2D eigenvalue weighted by Crippen LogP contribution is 2.41. The Labute approximate surface area is 133 Å². The maximum Gasteiger partial charge on any atom is 0.232 e. The zero-order chi connectivity index (χ0) is 15.7.